The SMILES string of the molecule is CC(=O)N[C@@H](CCN)C(C)(C)C. The van der Waals surface area contributed by atoms with Gasteiger partial charge >= 0.3 is 0 Å². The zero-order valence-electron chi connectivity index (χ0n) is 8.48. The minimum atomic E-state index is 0.0170. The van der Waals surface area contributed by atoms with Gasteiger partial charge in [-0.2, -0.15) is 0 Å². The molecule has 3 nitrogen and oxygen atoms in total. The highest BCUT2D eigenvalue weighted by Crippen LogP contribution is 2.21. The molecule has 0 saturated carbocycles. The fraction of sp³-hybridized carbons (Fsp3) is 0.889. The molecule has 0 aromatic rings. The molecule has 1 amide bonds. The standard InChI is InChI=1S/C9H20N2O/c1-7(12)11-8(5-6-10)9(2,3)4/h8H,5-6,10H2,1-4H3,(H,11,12)/t8-/m0/s1. The molecule has 3 heteroatoms. The third kappa shape index (κ3) is 4.34. The summed E-state index contributed by atoms with van der Waals surface area (Å²) in [6, 6.07) is 0.181. The van der Waals surface area contributed by atoms with Crippen molar-refractivity contribution in [3.05, 3.63) is 0 Å². The van der Waals surface area contributed by atoms with E-state index in [0.29, 0.717) is 6.54 Å². The first-order chi connectivity index (χ1) is 5.38. The molecule has 3 N–H and O–H groups in total. The number of hydrogen-bond acceptors (Lipinski definition) is 2. The minimum absolute atomic E-state index is 0.0170. The van der Waals surface area contributed by atoms with Gasteiger partial charge in [0.15, 0.2) is 0 Å². The molecule has 0 radical (unpaired) electrons. The smallest absolute Gasteiger partial charge is 0.217 e. The van der Waals surface area contributed by atoms with Crippen molar-refractivity contribution in [3.8, 4) is 0 Å². The van der Waals surface area contributed by atoms with Crippen molar-refractivity contribution in [1.82, 2.24) is 5.32 Å². The lowest BCUT2D eigenvalue weighted by molar-refractivity contribution is -0.120. The van der Waals surface area contributed by atoms with Crippen LogP contribution in [-0.4, -0.2) is 18.5 Å². The maximum atomic E-state index is 10.8. The van der Waals surface area contributed by atoms with Gasteiger partial charge in [0.05, 0.1) is 0 Å². The lowest BCUT2D eigenvalue weighted by Gasteiger charge is -2.30. The highest BCUT2D eigenvalue weighted by Gasteiger charge is 2.24. The number of nitrogens with two attached hydrogens (primary N) is 1. The Balaban J connectivity index is 4.13. The summed E-state index contributed by atoms with van der Waals surface area (Å²) in [5.74, 6) is 0.0170. The van der Waals surface area contributed by atoms with Crippen LogP contribution in [0.2, 0.25) is 0 Å². The van der Waals surface area contributed by atoms with Gasteiger partial charge in [-0.15, -0.1) is 0 Å². The lowest BCUT2D eigenvalue weighted by Crippen LogP contribution is -2.43. The molecular formula is C9H20N2O. The Morgan fingerprint density at radius 1 is 1.50 bits per heavy atom. The van der Waals surface area contributed by atoms with E-state index < -0.39 is 0 Å². The van der Waals surface area contributed by atoms with E-state index in [1.54, 1.807) is 0 Å². The molecule has 0 fully saturated rings. The van der Waals surface area contributed by atoms with Gasteiger partial charge in [-0.3, -0.25) is 4.79 Å². The molecule has 72 valence electrons. The van der Waals surface area contributed by atoms with Crippen LogP contribution in [0.5, 0.6) is 0 Å². The summed E-state index contributed by atoms with van der Waals surface area (Å²) >= 11 is 0. The first-order valence-electron chi connectivity index (χ1n) is 4.35. The van der Waals surface area contributed by atoms with E-state index in [1.165, 1.54) is 6.92 Å². The summed E-state index contributed by atoms with van der Waals surface area (Å²) in [7, 11) is 0. The second kappa shape index (κ2) is 4.45. The zero-order chi connectivity index (χ0) is 9.78. The van der Waals surface area contributed by atoms with E-state index in [4.69, 9.17) is 5.73 Å². The predicted molar refractivity (Wildman–Crippen MR) is 50.7 cm³/mol. The first kappa shape index (κ1) is 11.4. The minimum Gasteiger partial charge on any atom is -0.353 e. The third-order valence-corrected chi connectivity index (χ3v) is 1.88. The first-order valence-corrected chi connectivity index (χ1v) is 4.35. The van der Waals surface area contributed by atoms with E-state index in [0.717, 1.165) is 6.42 Å². The summed E-state index contributed by atoms with van der Waals surface area (Å²) in [6.07, 6.45) is 0.836. The number of rotatable bonds is 3. The Morgan fingerprint density at radius 3 is 2.25 bits per heavy atom. The van der Waals surface area contributed by atoms with Gasteiger partial charge < -0.3 is 11.1 Å². The molecule has 0 rings (SSSR count). The average Bonchev–Trinajstić information content (AvgIpc) is 1.83. The zero-order valence-corrected chi connectivity index (χ0v) is 8.48. The highest BCUT2D eigenvalue weighted by molar-refractivity contribution is 5.73. The van der Waals surface area contributed by atoms with Crippen LogP contribution in [0, 0.1) is 5.41 Å². The van der Waals surface area contributed by atoms with Crippen LogP contribution in [0.1, 0.15) is 34.1 Å². The molecule has 12 heavy (non-hydrogen) atoms. The summed E-state index contributed by atoms with van der Waals surface area (Å²) in [5.41, 5.74) is 5.54. The van der Waals surface area contributed by atoms with Gasteiger partial charge in [0.1, 0.15) is 0 Å². The van der Waals surface area contributed by atoms with Crippen molar-refractivity contribution < 1.29 is 4.79 Å². The largest absolute Gasteiger partial charge is 0.353 e. The van der Waals surface area contributed by atoms with E-state index in [-0.39, 0.29) is 17.4 Å². The molecule has 1 atom stereocenters. The fourth-order valence-electron chi connectivity index (χ4n) is 1.13. The molecule has 0 aliphatic heterocycles. The number of hydrogen-bond donors (Lipinski definition) is 2. The third-order valence-electron chi connectivity index (χ3n) is 1.88. The lowest BCUT2D eigenvalue weighted by atomic mass is 9.85. The topological polar surface area (TPSA) is 55.1 Å². The number of amides is 1. The maximum Gasteiger partial charge on any atom is 0.217 e. The van der Waals surface area contributed by atoms with E-state index in [2.05, 4.69) is 26.1 Å². The molecule has 0 aliphatic rings. The molecule has 0 bridgehead atoms. The van der Waals surface area contributed by atoms with Crippen LogP contribution < -0.4 is 11.1 Å². The van der Waals surface area contributed by atoms with Crippen molar-refractivity contribution in [2.45, 2.75) is 40.2 Å². The maximum absolute atomic E-state index is 10.8. The van der Waals surface area contributed by atoms with Gasteiger partial charge in [-0.05, 0) is 18.4 Å². The molecule has 0 aromatic heterocycles. The van der Waals surface area contributed by atoms with Crippen molar-refractivity contribution in [2.75, 3.05) is 6.54 Å². The van der Waals surface area contributed by atoms with Gasteiger partial charge in [0, 0.05) is 13.0 Å². The number of carbonyl (C=O) groups is 1. The van der Waals surface area contributed by atoms with Crippen LogP contribution in [0.25, 0.3) is 0 Å². The van der Waals surface area contributed by atoms with Crippen LogP contribution in [0.15, 0.2) is 0 Å². The van der Waals surface area contributed by atoms with Crippen LogP contribution >= 0.6 is 0 Å². The molecule has 0 aromatic carbocycles. The van der Waals surface area contributed by atoms with E-state index >= 15 is 0 Å². The number of carbonyl (C=O) groups excluding carboxylic acids is 1. The molecular weight excluding hydrogens is 152 g/mol. The van der Waals surface area contributed by atoms with Crippen molar-refractivity contribution in [3.63, 3.8) is 0 Å². The predicted octanol–water partition coefficient (Wildman–Crippen LogP) is 0.886. The highest BCUT2D eigenvalue weighted by atomic mass is 16.1. The molecule has 0 heterocycles. The molecule has 0 aliphatic carbocycles. The Bertz CT molecular complexity index is 149. The normalized spacial score (nSPS) is 14.1. The summed E-state index contributed by atoms with van der Waals surface area (Å²) in [4.78, 5) is 10.8. The molecule has 0 unspecified atom stereocenters. The van der Waals surface area contributed by atoms with Crippen LogP contribution in [0.3, 0.4) is 0 Å². The van der Waals surface area contributed by atoms with Crippen LogP contribution in [-0.2, 0) is 4.79 Å². The Morgan fingerprint density at radius 2 is 2.00 bits per heavy atom. The van der Waals surface area contributed by atoms with Crippen molar-refractivity contribution in [2.24, 2.45) is 11.1 Å². The quantitative estimate of drug-likeness (QED) is 0.664. The molecule has 0 spiro atoms. The van der Waals surface area contributed by atoms with E-state index in [9.17, 15) is 4.79 Å². The van der Waals surface area contributed by atoms with Gasteiger partial charge in [-0.25, -0.2) is 0 Å². The van der Waals surface area contributed by atoms with Gasteiger partial charge in [-0.1, -0.05) is 20.8 Å². The van der Waals surface area contributed by atoms with E-state index in [1.807, 2.05) is 0 Å². The summed E-state index contributed by atoms with van der Waals surface area (Å²) in [5, 5.41) is 2.90. The summed E-state index contributed by atoms with van der Waals surface area (Å²) < 4.78 is 0. The van der Waals surface area contributed by atoms with Gasteiger partial charge in [0.25, 0.3) is 0 Å². The Labute approximate surface area is 74.7 Å². The summed E-state index contributed by atoms with van der Waals surface area (Å²) in [6.45, 7) is 8.45. The second-order valence-electron chi connectivity index (χ2n) is 4.20. The van der Waals surface area contributed by atoms with Crippen LogP contribution in [0.4, 0.5) is 0 Å². The second-order valence-corrected chi connectivity index (χ2v) is 4.20. The Kier molecular flexibility index (Phi) is 4.24. The fourth-order valence-corrected chi connectivity index (χ4v) is 1.13. The molecule has 0 saturated heterocycles. The monoisotopic (exact) mass is 172 g/mol. The van der Waals surface area contributed by atoms with Crippen molar-refractivity contribution >= 4 is 5.91 Å². The number of nitrogens with one attached hydrogen (secondary N) is 1. The Hall–Kier alpha value is -0.570. The van der Waals surface area contributed by atoms with Crippen molar-refractivity contribution in [1.29, 1.82) is 0 Å². The van der Waals surface area contributed by atoms with Gasteiger partial charge in [0.2, 0.25) is 5.91 Å². The average molecular weight is 172 g/mol.